The number of hydrogen-bond donors (Lipinski definition) is 0. The van der Waals surface area contributed by atoms with Crippen molar-refractivity contribution in [3.63, 3.8) is 0 Å². The zero-order chi connectivity index (χ0) is 14.1. The Morgan fingerprint density at radius 1 is 0.545 bits per heavy atom. The maximum Gasteiger partial charge on any atom is 1.00 e. The van der Waals surface area contributed by atoms with E-state index in [1.807, 2.05) is 50.2 Å². The van der Waals surface area contributed by atoms with Crippen LogP contribution in [0.25, 0.3) is 0 Å². The van der Waals surface area contributed by atoms with E-state index in [2.05, 4.69) is 37.9 Å². The summed E-state index contributed by atoms with van der Waals surface area (Å²) in [6, 6.07) is 0. The summed E-state index contributed by atoms with van der Waals surface area (Å²) < 4.78 is 8.95. The van der Waals surface area contributed by atoms with Gasteiger partial charge in [-0.15, -0.1) is 0 Å². The van der Waals surface area contributed by atoms with Gasteiger partial charge in [-0.25, -0.2) is 0 Å². The van der Waals surface area contributed by atoms with Gasteiger partial charge in [0.2, 0.25) is 25.4 Å². The summed E-state index contributed by atoms with van der Waals surface area (Å²) >= 11 is 0. The average molecular weight is 306 g/mol. The second-order valence-corrected chi connectivity index (χ2v) is 5.27. The molecule has 0 fully saturated rings. The Morgan fingerprint density at radius 3 is 1.00 bits per heavy atom. The van der Waals surface area contributed by atoms with Gasteiger partial charge < -0.3 is 17.9 Å². The monoisotopic (exact) mass is 306 g/mol. The fraction of sp³-hybridized carbons (Fsp3) is 0.333. The molecule has 0 aromatic rings. The van der Waals surface area contributed by atoms with E-state index in [1.165, 1.54) is 0 Å². The Morgan fingerprint density at radius 2 is 0.818 bits per heavy atom. The molecule has 4 rings (SSSR count). The van der Waals surface area contributed by atoms with E-state index in [9.17, 15) is 0 Å². The van der Waals surface area contributed by atoms with Gasteiger partial charge in [0.25, 0.3) is 0 Å². The molecule has 0 radical (unpaired) electrons. The maximum absolute atomic E-state index is 4.29. The second-order valence-electron chi connectivity index (χ2n) is 5.27. The van der Waals surface area contributed by atoms with E-state index in [0.717, 1.165) is 26.2 Å². The molecule has 22 heavy (non-hydrogen) atoms. The van der Waals surface area contributed by atoms with Crippen molar-refractivity contribution in [3.05, 3.63) is 0 Å². The molecule has 0 saturated carbocycles. The molecule has 0 aromatic heterocycles. The van der Waals surface area contributed by atoms with Crippen molar-refractivity contribution >= 4 is 56.9 Å². The van der Waals surface area contributed by atoms with Gasteiger partial charge in [-0.2, -0.15) is 0 Å². The van der Waals surface area contributed by atoms with Crippen LogP contribution in [-0.4, -0.2) is 101 Å². The van der Waals surface area contributed by atoms with Crippen LogP contribution in [0, 0.1) is 0 Å². The molecule has 4 heterocycles. The molecule has 0 aliphatic carbocycles. The second kappa shape index (κ2) is 6.27. The average Bonchev–Trinajstić information content (AvgIpc) is 3.32. The zero-order valence-electron chi connectivity index (χ0n) is 12.6. The van der Waals surface area contributed by atoms with Crippen LogP contribution >= 0.6 is 0 Å². The molecule has 0 saturated heterocycles. The van der Waals surface area contributed by atoms with Crippen molar-refractivity contribution in [1.29, 1.82) is 0 Å². The predicted octanol–water partition coefficient (Wildman–Crippen LogP) is -5.07. The topological polar surface area (TPSA) is 61.5 Å². The van der Waals surface area contributed by atoms with Gasteiger partial charge in [0.1, 0.15) is 26.2 Å². The third-order valence-corrected chi connectivity index (χ3v) is 4.23. The Balaban J connectivity index is 0.00000144. The Labute approximate surface area is 150 Å². The van der Waals surface area contributed by atoms with Gasteiger partial charge in [0.15, 0.2) is 24.9 Å². The van der Waals surface area contributed by atoms with Crippen LogP contribution in [-0.2, 0) is 0 Å². The summed E-state index contributed by atoms with van der Waals surface area (Å²) in [6.45, 7) is 1.64. The van der Waals surface area contributed by atoms with Crippen molar-refractivity contribution in [3.8, 4) is 0 Å². The molecule has 8 nitrogen and oxygen atoms in total. The molecule has 0 spiro atoms. The van der Waals surface area contributed by atoms with Gasteiger partial charge >= 0.3 is 36.2 Å². The van der Waals surface area contributed by atoms with Gasteiger partial charge in [-0.05, 0) is 0 Å². The summed E-state index contributed by atoms with van der Waals surface area (Å²) in [5.74, 6) is 0. The van der Waals surface area contributed by atoms with E-state index < -0.39 is 6.69 Å². The quantitative estimate of drug-likeness (QED) is 0.467. The first-order valence-electron chi connectivity index (χ1n) is 7.03. The standard InChI is InChI=1S/C12H16BN8.Na/c1-5-18(9-14-1)13(19-6-2-15-10-19,20-7-3-16-11-20)21-8-4-17-12-21;/h1-4,9-12H,5-8H2;/q+3;+1. The van der Waals surface area contributed by atoms with E-state index in [-0.39, 0.29) is 29.6 Å². The van der Waals surface area contributed by atoms with E-state index >= 15 is 0 Å². The van der Waals surface area contributed by atoms with Crippen LogP contribution in [0.5, 0.6) is 0 Å². The smallest absolute Gasteiger partial charge is 0.322 e. The van der Waals surface area contributed by atoms with Crippen molar-refractivity contribution in [1.82, 2.24) is 0 Å². The molecule has 4 aliphatic rings. The Kier molecular flexibility index (Phi) is 4.37. The maximum atomic E-state index is 4.29. The van der Waals surface area contributed by atoms with Crippen LogP contribution < -0.4 is 29.6 Å². The van der Waals surface area contributed by atoms with E-state index in [1.54, 1.807) is 0 Å². The molecule has 0 atom stereocenters. The molecule has 0 aromatic carbocycles. The molecule has 0 unspecified atom stereocenters. The van der Waals surface area contributed by atoms with E-state index in [0.29, 0.717) is 0 Å². The minimum atomic E-state index is -1.42. The van der Waals surface area contributed by atoms with Crippen LogP contribution in [0.15, 0.2) is 20.0 Å². The Bertz CT molecular complexity index is 602. The minimum absolute atomic E-state index is 0. The SMILES string of the molecule is C1=NC=[N+]([B-]([N+]2=CN=CC2)([N+]2=CN=CC2)[N+]2=CN=CC2)C1.[Na+]. The van der Waals surface area contributed by atoms with Crippen LogP contribution in [0.3, 0.4) is 0 Å². The summed E-state index contributed by atoms with van der Waals surface area (Å²) in [4.78, 5) is 17.2. The van der Waals surface area contributed by atoms with Crippen molar-refractivity contribution in [2.45, 2.75) is 0 Å². The van der Waals surface area contributed by atoms with Crippen LogP contribution in [0.2, 0.25) is 0 Å². The number of rotatable bonds is 4. The van der Waals surface area contributed by atoms with Crippen molar-refractivity contribution in [2.75, 3.05) is 26.2 Å². The number of aliphatic imine (C=N–C) groups is 4. The summed E-state index contributed by atoms with van der Waals surface area (Å²) in [7, 11) is 0. The molecule has 0 bridgehead atoms. The van der Waals surface area contributed by atoms with Crippen molar-refractivity contribution in [2.24, 2.45) is 20.0 Å². The van der Waals surface area contributed by atoms with Crippen molar-refractivity contribution < 1.29 is 47.5 Å². The molecule has 4 aliphatic heterocycles. The number of nitrogens with zero attached hydrogens (tertiary/aromatic N) is 8. The molecule has 0 amide bonds. The number of hydrogen-bond acceptors (Lipinski definition) is 4. The van der Waals surface area contributed by atoms with Gasteiger partial charge in [0, 0.05) is 0 Å². The molecule has 10 heteroatoms. The van der Waals surface area contributed by atoms with Gasteiger partial charge in [0.05, 0.1) is 0 Å². The molecule has 104 valence electrons. The first-order chi connectivity index (χ1) is 10.4. The third kappa shape index (κ3) is 2.20. The van der Waals surface area contributed by atoms with Crippen LogP contribution in [0.1, 0.15) is 0 Å². The first kappa shape index (κ1) is 15.3. The zero-order valence-corrected chi connectivity index (χ0v) is 14.6. The molecular formula is C12H16BN8Na+4. The fourth-order valence-electron chi connectivity index (χ4n) is 3.35. The normalized spacial score (nSPS) is 21.8. The largest absolute Gasteiger partial charge is 1.00 e. The summed E-state index contributed by atoms with van der Waals surface area (Å²) in [5, 5.41) is 0. The molecule has 0 N–H and O–H groups in total. The summed E-state index contributed by atoms with van der Waals surface area (Å²) in [6.07, 6.45) is 15.2. The molecular weight excluding hydrogens is 290 g/mol. The van der Waals surface area contributed by atoms with Gasteiger partial charge in [-0.3, -0.25) is 0 Å². The van der Waals surface area contributed by atoms with E-state index in [4.69, 9.17) is 0 Å². The van der Waals surface area contributed by atoms with Crippen LogP contribution in [0.4, 0.5) is 0 Å². The first-order valence-corrected chi connectivity index (χ1v) is 7.03. The third-order valence-electron chi connectivity index (χ3n) is 4.23. The summed E-state index contributed by atoms with van der Waals surface area (Å²) in [5.41, 5.74) is 0. The van der Waals surface area contributed by atoms with Gasteiger partial charge in [-0.1, -0.05) is 20.0 Å². The Hall–Kier alpha value is -1.58. The predicted molar refractivity (Wildman–Crippen MR) is 84.5 cm³/mol. The fourth-order valence-corrected chi connectivity index (χ4v) is 3.35. The minimum Gasteiger partial charge on any atom is -0.322 e.